The molecule has 0 unspecified atom stereocenters. The van der Waals surface area contributed by atoms with Crippen LogP contribution in [-0.4, -0.2) is 51.9 Å². The van der Waals surface area contributed by atoms with Gasteiger partial charge in [0, 0.05) is 24.0 Å². The quantitative estimate of drug-likeness (QED) is 0.599. The summed E-state index contributed by atoms with van der Waals surface area (Å²) in [5.74, 6) is -0.130. The highest BCUT2D eigenvalue weighted by Gasteiger charge is 2.14. The van der Waals surface area contributed by atoms with Crippen LogP contribution in [0.2, 0.25) is 0 Å². The predicted molar refractivity (Wildman–Crippen MR) is 97.2 cm³/mol. The molecule has 1 heterocycles. The first-order valence-electron chi connectivity index (χ1n) is 8.22. The van der Waals surface area contributed by atoms with E-state index in [4.69, 9.17) is 0 Å². The SMILES string of the molecule is O=C(CCNS(=O)(=O)c1ccc(Br)cc1)NCCCN1CCCC1. The zero-order valence-corrected chi connectivity index (χ0v) is 16.0. The van der Waals surface area contributed by atoms with E-state index in [0.29, 0.717) is 6.54 Å². The number of nitrogens with one attached hydrogen (secondary N) is 2. The molecular formula is C16H24BrN3O3S. The van der Waals surface area contributed by atoms with Gasteiger partial charge in [0.2, 0.25) is 15.9 Å². The van der Waals surface area contributed by atoms with Crippen LogP contribution >= 0.6 is 15.9 Å². The Hall–Kier alpha value is -0.960. The van der Waals surface area contributed by atoms with Gasteiger partial charge in [0.25, 0.3) is 0 Å². The lowest BCUT2D eigenvalue weighted by molar-refractivity contribution is -0.120. The fourth-order valence-corrected chi connectivity index (χ4v) is 3.92. The van der Waals surface area contributed by atoms with Crippen molar-refractivity contribution >= 4 is 31.9 Å². The van der Waals surface area contributed by atoms with E-state index < -0.39 is 10.0 Å². The Bertz CT molecular complexity index is 628. The molecule has 1 aromatic carbocycles. The van der Waals surface area contributed by atoms with E-state index >= 15 is 0 Å². The number of amides is 1. The van der Waals surface area contributed by atoms with E-state index in [1.165, 1.54) is 25.0 Å². The van der Waals surface area contributed by atoms with E-state index in [9.17, 15) is 13.2 Å². The van der Waals surface area contributed by atoms with E-state index in [2.05, 4.69) is 30.9 Å². The highest BCUT2D eigenvalue weighted by molar-refractivity contribution is 9.10. The van der Waals surface area contributed by atoms with Crippen LogP contribution in [0.25, 0.3) is 0 Å². The molecule has 1 aliphatic heterocycles. The van der Waals surface area contributed by atoms with Crippen LogP contribution < -0.4 is 10.0 Å². The molecule has 1 saturated heterocycles. The van der Waals surface area contributed by atoms with Crippen LogP contribution in [-0.2, 0) is 14.8 Å². The number of carbonyl (C=O) groups is 1. The highest BCUT2D eigenvalue weighted by atomic mass is 79.9. The second kappa shape index (κ2) is 9.50. The first-order chi connectivity index (χ1) is 11.5. The second-order valence-electron chi connectivity index (χ2n) is 5.85. The minimum absolute atomic E-state index is 0.0936. The average molecular weight is 418 g/mol. The van der Waals surface area contributed by atoms with Crippen molar-refractivity contribution in [1.29, 1.82) is 0 Å². The summed E-state index contributed by atoms with van der Waals surface area (Å²) in [4.78, 5) is 14.3. The summed E-state index contributed by atoms with van der Waals surface area (Å²) in [7, 11) is -3.57. The third kappa shape index (κ3) is 6.51. The molecule has 0 atom stereocenters. The van der Waals surface area contributed by atoms with E-state index in [0.717, 1.165) is 30.5 Å². The lowest BCUT2D eigenvalue weighted by Crippen LogP contribution is -2.32. The van der Waals surface area contributed by atoms with Crippen LogP contribution in [0.5, 0.6) is 0 Å². The molecule has 0 saturated carbocycles. The van der Waals surface area contributed by atoms with Gasteiger partial charge in [0.05, 0.1) is 4.90 Å². The van der Waals surface area contributed by atoms with Gasteiger partial charge in [0.1, 0.15) is 0 Å². The Morgan fingerprint density at radius 1 is 1.12 bits per heavy atom. The number of sulfonamides is 1. The van der Waals surface area contributed by atoms with Crippen LogP contribution in [0.4, 0.5) is 0 Å². The molecule has 2 rings (SSSR count). The number of hydrogen-bond donors (Lipinski definition) is 2. The normalized spacial score (nSPS) is 15.5. The minimum atomic E-state index is -3.57. The Balaban J connectivity index is 1.61. The van der Waals surface area contributed by atoms with Gasteiger partial charge < -0.3 is 10.2 Å². The molecule has 0 radical (unpaired) electrons. The molecule has 6 nitrogen and oxygen atoms in total. The van der Waals surface area contributed by atoms with Crippen molar-refractivity contribution in [3.05, 3.63) is 28.7 Å². The number of benzene rings is 1. The molecule has 0 spiro atoms. The first-order valence-corrected chi connectivity index (χ1v) is 10.5. The van der Waals surface area contributed by atoms with Crippen molar-refractivity contribution in [2.24, 2.45) is 0 Å². The van der Waals surface area contributed by atoms with Crippen LogP contribution in [0.3, 0.4) is 0 Å². The maximum absolute atomic E-state index is 12.1. The molecule has 8 heteroatoms. The summed E-state index contributed by atoms with van der Waals surface area (Å²) in [6.45, 7) is 4.05. The number of rotatable bonds is 9. The molecule has 1 amide bonds. The molecule has 2 N–H and O–H groups in total. The zero-order valence-electron chi connectivity index (χ0n) is 13.6. The van der Waals surface area contributed by atoms with Crippen molar-refractivity contribution in [1.82, 2.24) is 14.9 Å². The Labute approximate surface area is 152 Å². The van der Waals surface area contributed by atoms with Gasteiger partial charge >= 0.3 is 0 Å². The summed E-state index contributed by atoms with van der Waals surface area (Å²) >= 11 is 3.26. The van der Waals surface area contributed by atoms with Gasteiger partial charge in [-0.25, -0.2) is 13.1 Å². The maximum Gasteiger partial charge on any atom is 0.240 e. The van der Waals surface area contributed by atoms with Gasteiger partial charge in [-0.15, -0.1) is 0 Å². The van der Waals surface area contributed by atoms with Crippen molar-refractivity contribution in [2.75, 3.05) is 32.7 Å². The Morgan fingerprint density at radius 2 is 1.79 bits per heavy atom. The number of likely N-dealkylation sites (tertiary alicyclic amines) is 1. The summed E-state index contributed by atoms with van der Waals surface area (Å²) in [6, 6.07) is 6.37. The van der Waals surface area contributed by atoms with Gasteiger partial charge in [-0.1, -0.05) is 15.9 Å². The lowest BCUT2D eigenvalue weighted by atomic mass is 10.3. The summed E-state index contributed by atoms with van der Waals surface area (Å²) in [5, 5.41) is 2.83. The van der Waals surface area contributed by atoms with E-state index in [1.807, 2.05) is 0 Å². The predicted octanol–water partition coefficient (Wildman–Crippen LogP) is 1.72. The topological polar surface area (TPSA) is 78.5 Å². The van der Waals surface area contributed by atoms with Crippen LogP contribution in [0.1, 0.15) is 25.7 Å². The zero-order chi connectivity index (χ0) is 17.4. The molecule has 0 bridgehead atoms. The van der Waals surface area contributed by atoms with Crippen LogP contribution in [0, 0.1) is 0 Å². The minimum Gasteiger partial charge on any atom is -0.356 e. The number of halogens is 1. The molecule has 0 aliphatic carbocycles. The van der Waals surface area contributed by atoms with Crippen molar-refractivity contribution in [2.45, 2.75) is 30.6 Å². The lowest BCUT2D eigenvalue weighted by Gasteiger charge is -2.14. The summed E-state index contributed by atoms with van der Waals surface area (Å²) in [6.07, 6.45) is 3.60. The van der Waals surface area contributed by atoms with Crippen molar-refractivity contribution < 1.29 is 13.2 Å². The van der Waals surface area contributed by atoms with Gasteiger partial charge in [-0.2, -0.15) is 0 Å². The molecular weight excluding hydrogens is 394 g/mol. The third-order valence-electron chi connectivity index (χ3n) is 3.94. The second-order valence-corrected chi connectivity index (χ2v) is 8.54. The fraction of sp³-hybridized carbons (Fsp3) is 0.562. The molecule has 1 aromatic rings. The summed E-state index contributed by atoms with van der Waals surface area (Å²) in [5.41, 5.74) is 0. The van der Waals surface area contributed by atoms with E-state index in [1.54, 1.807) is 12.1 Å². The third-order valence-corrected chi connectivity index (χ3v) is 5.95. The molecule has 1 aliphatic rings. The smallest absolute Gasteiger partial charge is 0.240 e. The average Bonchev–Trinajstić information content (AvgIpc) is 3.05. The Kier molecular flexibility index (Phi) is 7.67. The van der Waals surface area contributed by atoms with Gasteiger partial charge in [-0.3, -0.25) is 4.79 Å². The number of nitrogens with zero attached hydrogens (tertiary/aromatic N) is 1. The molecule has 1 fully saturated rings. The maximum atomic E-state index is 12.1. The summed E-state index contributed by atoms with van der Waals surface area (Å²) < 4.78 is 27.4. The molecule has 24 heavy (non-hydrogen) atoms. The Morgan fingerprint density at radius 3 is 2.46 bits per heavy atom. The van der Waals surface area contributed by atoms with Crippen molar-refractivity contribution in [3.8, 4) is 0 Å². The molecule has 134 valence electrons. The number of carbonyl (C=O) groups excluding carboxylic acids is 1. The fourth-order valence-electron chi connectivity index (χ4n) is 2.62. The standard InChI is InChI=1S/C16H24BrN3O3S/c17-14-4-6-15(7-5-14)24(22,23)19-10-8-16(21)18-9-3-13-20-11-1-2-12-20/h4-7,19H,1-3,8-13H2,(H,18,21). The number of hydrogen-bond acceptors (Lipinski definition) is 4. The monoisotopic (exact) mass is 417 g/mol. The first kappa shape index (κ1) is 19.4. The molecule has 0 aromatic heterocycles. The highest BCUT2D eigenvalue weighted by Crippen LogP contribution is 2.14. The van der Waals surface area contributed by atoms with Crippen LogP contribution in [0.15, 0.2) is 33.6 Å². The van der Waals surface area contributed by atoms with Gasteiger partial charge in [-0.05, 0) is 63.2 Å². The van der Waals surface area contributed by atoms with Gasteiger partial charge in [0.15, 0.2) is 0 Å². The van der Waals surface area contributed by atoms with E-state index in [-0.39, 0.29) is 23.8 Å². The largest absolute Gasteiger partial charge is 0.356 e. The van der Waals surface area contributed by atoms with Crippen molar-refractivity contribution in [3.63, 3.8) is 0 Å².